The zero-order valence-corrected chi connectivity index (χ0v) is 10.6. The molecule has 0 aromatic heterocycles. The van der Waals surface area contributed by atoms with E-state index in [-0.39, 0.29) is 6.54 Å². The van der Waals surface area contributed by atoms with Gasteiger partial charge in [0.15, 0.2) is 11.5 Å². The molecular weight excluding hydrogens is 290 g/mol. The maximum atomic E-state index is 10.4. The third kappa shape index (κ3) is 3.10. The smallest absolute Gasteiger partial charge is 0.317 e. The molecule has 92 valence electrons. The molecular formula is C11H12BrNO4. The van der Waals surface area contributed by atoms with Crippen LogP contribution >= 0.6 is 15.9 Å². The fourth-order valence-corrected chi connectivity index (χ4v) is 2.18. The molecule has 1 aromatic carbocycles. The third-order valence-electron chi connectivity index (χ3n) is 2.26. The predicted molar refractivity (Wildman–Crippen MR) is 64.5 cm³/mol. The summed E-state index contributed by atoms with van der Waals surface area (Å²) in [6.45, 7) is 1.49. The highest BCUT2D eigenvalue weighted by Crippen LogP contribution is 2.38. The van der Waals surface area contributed by atoms with Crippen molar-refractivity contribution in [3.63, 3.8) is 0 Å². The van der Waals surface area contributed by atoms with Crippen molar-refractivity contribution >= 4 is 21.9 Å². The van der Waals surface area contributed by atoms with E-state index in [0.717, 1.165) is 10.0 Å². The van der Waals surface area contributed by atoms with Crippen LogP contribution in [0.2, 0.25) is 0 Å². The molecule has 1 aromatic rings. The Labute approximate surface area is 107 Å². The average Bonchev–Trinajstić information content (AvgIpc) is 2.28. The summed E-state index contributed by atoms with van der Waals surface area (Å²) < 4.78 is 11.8. The number of benzene rings is 1. The third-order valence-corrected chi connectivity index (χ3v) is 2.85. The SMILES string of the molecule is O=C(O)CNCc1cc(Br)c2c(c1)OCCO2. The average molecular weight is 302 g/mol. The van der Waals surface area contributed by atoms with Crippen LogP contribution in [0.1, 0.15) is 5.56 Å². The molecule has 0 atom stereocenters. The maximum Gasteiger partial charge on any atom is 0.317 e. The number of hydrogen-bond acceptors (Lipinski definition) is 4. The van der Waals surface area contributed by atoms with Crippen LogP contribution in [0.3, 0.4) is 0 Å². The standard InChI is InChI=1S/C11H12BrNO4/c12-8-3-7(5-13-6-10(14)15)4-9-11(8)17-2-1-16-9/h3-4,13H,1-2,5-6H2,(H,14,15). The topological polar surface area (TPSA) is 67.8 Å². The second-order valence-corrected chi connectivity index (χ2v) is 4.45. The Balaban J connectivity index is 2.08. The van der Waals surface area contributed by atoms with Gasteiger partial charge in [-0.05, 0) is 33.6 Å². The quantitative estimate of drug-likeness (QED) is 0.880. The Kier molecular flexibility index (Phi) is 3.86. The first-order chi connectivity index (χ1) is 8.16. The molecule has 0 radical (unpaired) electrons. The molecule has 1 aliphatic heterocycles. The monoisotopic (exact) mass is 301 g/mol. The van der Waals surface area contributed by atoms with Crippen molar-refractivity contribution in [1.82, 2.24) is 5.32 Å². The van der Waals surface area contributed by atoms with Crippen molar-refractivity contribution in [2.45, 2.75) is 6.54 Å². The molecule has 0 bridgehead atoms. The van der Waals surface area contributed by atoms with E-state index in [0.29, 0.717) is 31.3 Å². The fourth-order valence-electron chi connectivity index (χ4n) is 1.58. The lowest BCUT2D eigenvalue weighted by Crippen LogP contribution is -2.22. The highest BCUT2D eigenvalue weighted by Gasteiger charge is 2.16. The first-order valence-corrected chi connectivity index (χ1v) is 5.96. The number of carbonyl (C=O) groups is 1. The van der Waals surface area contributed by atoms with E-state index in [2.05, 4.69) is 21.2 Å². The number of nitrogens with one attached hydrogen (secondary N) is 1. The Bertz CT molecular complexity index is 436. The van der Waals surface area contributed by atoms with Gasteiger partial charge in [0.05, 0.1) is 11.0 Å². The number of hydrogen-bond donors (Lipinski definition) is 2. The van der Waals surface area contributed by atoms with E-state index < -0.39 is 5.97 Å². The van der Waals surface area contributed by atoms with E-state index in [1.54, 1.807) is 0 Å². The minimum atomic E-state index is -0.874. The molecule has 1 heterocycles. The highest BCUT2D eigenvalue weighted by atomic mass is 79.9. The molecule has 0 amide bonds. The molecule has 0 saturated carbocycles. The van der Waals surface area contributed by atoms with Crippen molar-refractivity contribution in [3.05, 3.63) is 22.2 Å². The minimum absolute atomic E-state index is 0.0634. The molecule has 2 rings (SSSR count). The second-order valence-electron chi connectivity index (χ2n) is 3.60. The molecule has 0 unspecified atom stereocenters. The zero-order valence-electron chi connectivity index (χ0n) is 9.03. The summed E-state index contributed by atoms with van der Waals surface area (Å²) >= 11 is 3.40. The van der Waals surface area contributed by atoms with Crippen LogP contribution in [0.4, 0.5) is 0 Å². The maximum absolute atomic E-state index is 10.4. The summed E-state index contributed by atoms with van der Waals surface area (Å²) in [6, 6.07) is 3.75. The molecule has 6 heteroatoms. The normalized spacial score (nSPS) is 13.5. The van der Waals surface area contributed by atoms with Gasteiger partial charge >= 0.3 is 5.97 Å². The van der Waals surface area contributed by atoms with Gasteiger partial charge in [-0.1, -0.05) is 0 Å². The lowest BCUT2D eigenvalue weighted by molar-refractivity contribution is -0.135. The van der Waals surface area contributed by atoms with Crippen LogP contribution in [0.25, 0.3) is 0 Å². The number of carboxylic acid groups (broad SMARTS) is 1. The summed E-state index contributed by atoms with van der Waals surface area (Å²) in [4.78, 5) is 10.4. The summed E-state index contributed by atoms with van der Waals surface area (Å²) in [6.07, 6.45) is 0. The van der Waals surface area contributed by atoms with Gasteiger partial charge in [-0.2, -0.15) is 0 Å². The lowest BCUT2D eigenvalue weighted by atomic mass is 10.2. The van der Waals surface area contributed by atoms with Crippen LogP contribution in [0.5, 0.6) is 11.5 Å². The zero-order chi connectivity index (χ0) is 12.3. The summed E-state index contributed by atoms with van der Waals surface area (Å²) in [5.74, 6) is 0.526. The summed E-state index contributed by atoms with van der Waals surface area (Å²) in [5, 5.41) is 11.3. The lowest BCUT2D eigenvalue weighted by Gasteiger charge is -2.20. The van der Waals surface area contributed by atoms with Crippen LogP contribution in [0.15, 0.2) is 16.6 Å². The molecule has 5 nitrogen and oxygen atoms in total. The van der Waals surface area contributed by atoms with Gasteiger partial charge in [-0.15, -0.1) is 0 Å². The Morgan fingerprint density at radius 2 is 2.18 bits per heavy atom. The van der Waals surface area contributed by atoms with E-state index >= 15 is 0 Å². The van der Waals surface area contributed by atoms with Crippen molar-refractivity contribution in [2.75, 3.05) is 19.8 Å². The van der Waals surface area contributed by atoms with Crippen LogP contribution in [0, 0.1) is 0 Å². The summed E-state index contributed by atoms with van der Waals surface area (Å²) in [7, 11) is 0. The number of ether oxygens (including phenoxy) is 2. The predicted octanol–water partition coefficient (Wildman–Crippen LogP) is 1.39. The molecule has 1 aliphatic rings. The first kappa shape index (κ1) is 12.2. The Morgan fingerprint density at radius 3 is 2.94 bits per heavy atom. The number of fused-ring (bicyclic) bond motifs is 1. The van der Waals surface area contributed by atoms with Crippen molar-refractivity contribution in [1.29, 1.82) is 0 Å². The van der Waals surface area contributed by atoms with Gasteiger partial charge in [0.2, 0.25) is 0 Å². The highest BCUT2D eigenvalue weighted by molar-refractivity contribution is 9.10. The molecule has 0 aliphatic carbocycles. The van der Waals surface area contributed by atoms with Crippen LogP contribution < -0.4 is 14.8 Å². The molecule has 0 saturated heterocycles. The fraction of sp³-hybridized carbons (Fsp3) is 0.364. The van der Waals surface area contributed by atoms with E-state index in [9.17, 15) is 4.79 Å². The van der Waals surface area contributed by atoms with Crippen molar-refractivity contribution in [3.8, 4) is 11.5 Å². The van der Waals surface area contributed by atoms with Gasteiger partial charge in [0.25, 0.3) is 0 Å². The van der Waals surface area contributed by atoms with Crippen LogP contribution in [-0.4, -0.2) is 30.8 Å². The van der Waals surface area contributed by atoms with Gasteiger partial charge in [0.1, 0.15) is 13.2 Å². The summed E-state index contributed by atoms with van der Waals surface area (Å²) in [5.41, 5.74) is 0.947. The Morgan fingerprint density at radius 1 is 1.41 bits per heavy atom. The van der Waals surface area contributed by atoms with Gasteiger partial charge in [0, 0.05) is 6.54 Å². The number of halogens is 1. The molecule has 17 heavy (non-hydrogen) atoms. The van der Waals surface area contributed by atoms with Gasteiger partial charge in [-0.25, -0.2) is 0 Å². The molecule has 0 fully saturated rings. The number of carboxylic acids is 1. The minimum Gasteiger partial charge on any atom is -0.486 e. The van der Waals surface area contributed by atoms with E-state index in [1.807, 2.05) is 12.1 Å². The first-order valence-electron chi connectivity index (χ1n) is 5.17. The molecule has 2 N–H and O–H groups in total. The Hall–Kier alpha value is -1.27. The van der Waals surface area contributed by atoms with Gasteiger partial charge < -0.3 is 19.9 Å². The number of aliphatic carboxylic acids is 1. The van der Waals surface area contributed by atoms with E-state index in [4.69, 9.17) is 14.6 Å². The van der Waals surface area contributed by atoms with E-state index in [1.165, 1.54) is 0 Å². The largest absolute Gasteiger partial charge is 0.486 e. The number of rotatable bonds is 4. The van der Waals surface area contributed by atoms with Crippen LogP contribution in [-0.2, 0) is 11.3 Å². The van der Waals surface area contributed by atoms with Gasteiger partial charge in [-0.3, -0.25) is 4.79 Å². The van der Waals surface area contributed by atoms with Crippen molar-refractivity contribution < 1.29 is 19.4 Å². The van der Waals surface area contributed by atoms with Crippen molar-refractivity contribution in [2.24, 2.45) is 0 Å². The molecule has 0 spiro atoms. The second kappa shape index (κ2) is 5.37.